The minimum absolute atomic E-state index is 0.00166. The molecule has 1 aliphatic carbocycles. The molecule has 6 rings (SSSR count). The Bertz CT molecular complexity index is 1670. The Morgan fingerprint density at radius 3 is 2.36 bits per heavy atom. The molecule has 2 N–H and O–H groups in total. The first kappa shape index (κ1) is 29.7. The molecule has 2 heterocycles. The number of halogens is 2. The summed E-state index contributed by atoms with van der Waals surface area (Å²) in [5.41, 5.74) is 3.10. The molecular formula is C34H31F2N5O2S. The van der Waals surface area contributed by atoms with E-state index in [4.69, 9.17) is 4.98 Å². The van der Waals surface area contributed by atoms with E-state index >= 15 is 0 Å². The standard InChI is InChI=1S/C34H31F2N5O2S/c35-28-11-6-12-29(36)31(28)27-10-5-4-9-23(27)20-38-24-13-15-26(16-14-24)41(21-22-7-2-1-3-8-22)33-37-18-17-25(39-33)19-30-32(42)40-34(43)44-30/h1-12,17-19,24,26,38H,13-16,20-21H2,(H,40,42,43)/b30-19-. The van der Waals surface area contributed by atoms with Gasteiger partial charge in [0.2, 0.25) is 5.95 Å². The van der Waals surface area contributed by atoms with Gasteiger partial charge in [-0.05, 0) is 78.4 Å². The topological polar surface area (TPSA) is 87.2 Å². The molecule has 1 aliphatic heterocycles. The van der Waals surface area contributed by atoms with Crippen molar-refractivity contribution in [2.24, 2.45) is 0 Å². The number of benzene rings is 3. The monoisotopic (exact) mass is 611 g/mol. The average Bonchev–Trinajstić information content (AvgIpc) is 3.36. The van der Waals surface area contributed by atoms with Gasteiger partial charge in [0.05, 0.1) is 16.2 Å². The van der Waals surface area contributed by atoms with Gasteiger partial charge in [0, 0.05) is 31.4 Å². The van der Waals surface area contributed by atoms with Crippen molar-refractivity contribution < 1.29 is 18.4 Å². The number of thioether (sulfide) groups is 1. The Morgan fingerprint density at radius 1 is 0.909 bits per heavy atom. The van der Waals surface area contributed by atoms with Crippen molar-refractivity contribution in [3.8, 4) is 11.1 Å². The predicted molar refractivity (Wildman–Crippen MR) is 168 cm³/mol. The van der Waals surface area contributed by atoms with Crippen molar-refractivity contribution in [3.63, 3.8) is 0 Å². The van der Waals surface area contributed by atoms with Gasteiger partial charge in [-0.25, -0.2) is 18.7 Å². The van der Waals surface area contributed by atoms with Crippen LogP contribution >= 0.6 is 11.8 Å². The zero-order valence-electron chi connectivity index (χ0n) is 23.9. The maximum atomic E-state index is 14.6. The Hall–Kier alpha value is -4.41. The van der Waals surface area contributed by atoms with E-state index in [0.29, 0.717) is 35.2 Å². The summed E-state index contributed by atoms with van der Waals surface area (Å²) in [6, 6.07) is 23.6. The lowest BCUT2D eigenvalue weighted by Crippen LogP contribution is -2.43. The third-order valence-corrected chi connectivity index (χ3v) is 8.82. The maximum absolute atomic E-state index is 14.6. The van der Waals surface area contributed by atoms with E-state index < -0.39 is 22.8 Å². The lowest BCUT2D eigenvalue weighted by molar-refractivity contribution is -0.115. The molecule has 3 aromatic carbocycles. The number of hydrogen-bond donors (Lipinski definition) is 2. The molecule has 1 saturated heterocycles. The molecule has 0 atom stereocenters. The first-order valence-electron chi connectivity index (χ1n) is 14.6. The smallest absolute Gasteiger partial charge is 0.290 e. The number of rotatable bonds is 9. The summed E-state index contributed by atoms with van der Waals surface area (Å²) in [5, 5.41) is 5.50. The van der Waals surface area contributed by atoms with E-state index in [1.54, 1.807) is 30.5 Å². The van der Waals surface area contributed by atoms with Gasteiger partial charge in [0.1, 0.15) is 11.6 Å². The molecule has 224 valence electrons. The number of carbonyl (C=O) groups excluding carboxylic acids is 2. The molecule has 0 spiro atoms. The molecule has 2 fully saturated rings. The molecular weight excluding hydrogens is 580 g/mol. The number of nitrogens with one attached hydrogen (secondary N) is 2. The summed E-state index contributed by atoms with van der Waals surface area (Å²) in [6.07, 6.45) is 6.91. The highest BCUT2D eigenvalue weighted by Gasteiger charge is 2.29. The van der Waals surface area contributed by atoms with Gasteiger partial charge >= 0.3 is 0 Å². The van der Waals surface area contributed by atoms with Gasteiger partial charge in [-0.1, -0.05) is 60.7 Å². The largest absolute Gasteiger partial charge is 0.333 e. The van der Waals surface area contributed by atoms with Gasteiger partial charge in [-0.3, -0.25) is 14.9 Å². The van der Waals surface area contributed by atoms with Gasteiger partial charge in [-0.15, -0.1) is 0 Å². The Balaban J connectivity index is 1.16. The Labute approximate surface area is 258 Å². The van der Waals surface area contributed by atoms with Crippen LogP contribution in [0.5, 0.6) is 0 Å². The van der Waals surface area contributed by atoms with Crippen molar-refractivity contribution in [1.82, 2.24) is 20.6 Å². The summed E-state index contributed by atoms with van der Waals surface area (Å²) in [4.78, 5) is 35.6. The van der Waals surface area contributed by atoms with Crippen molar-refractivity contribution in [2.45, 2.75) is 50.9 Å². The summed E-state index contributed by atoms with van der Waals surface area (Å²) in [5.74, 6) is -1.00. The van der Waals surface area contributed by atoms with E-state index in [9.17, 15) is 18.4 Å². The van der Waals surface area contributed by atoms with E-state index in [2.05, 4.69) is 32.7 Å². The van der Waals surface area contributed by atoms with Crippen molar-refractivity contribution in [3.05, 3.63) is 118 Å². The zero-order valence-corrected chi connectivity index (χ0v) is 24.7. The van der Waals surface area contributed by atoms with Crippen molar-refractivity contribution in [1.29, 1.82) is 0 Å². The quantitative estimate of drug-likeness (QED) is 0.200. The molecule has 44 heavy (non-hydrogen) atoms. The lowest BCUT2D eigenvalue weighted by atomic mass is 9.89. The van der Waals surface area contributed by atoms with Crippen LogP contribution in [-0.2, 0) is 17.9 Å². The van der Waals surface area contributed by atoms with Gasteiger partial charge < -0.3 is 10.2 Å². The average molecular weight is 612 g/mol. The first-order chi connectivity index (χ1) is 21.4. The first-order valence-corrected chi connectivity index (χ1v) is 15.4. The fourth-order valence-corrected chi connectivity index (χ4v) is 6.47. The van der Waals surface area contributed by atoms with Crippen LogP contribution in [0, 0.1) is 11.6 Å². The number of aromatic nitrogens is 2. The molecule has 0 unspecified atom stereocenters. The molecule has 10 heteroatoms. The molecule has 4 aromatic rings. The third-order valence-electron chi connectivity index (χ3n) is 8.01. The fraction of sp³-hybridized carbons (Fsp3) is 0.235. The second kappa shape index (κ2) is 13.5. The van der Waals surface area contributed by atoms with Gasteiger partial charge in [0.25, 0.3) is 11.1 Å². The number of nitrogens with zero attached hydrogens (tertiary/aromatic N) is 3. The van der Waals surface area contributed by atoms with Crippen LogP contribution in [0.2, 0.25) is 0 Å². The minimum atomic E-state index is -0.572. The second-order valence-corrected chi connectivity index (χ2v) is 11.9. The molecule has 1 saturated carbocycles. The molecule has 0 bridgehead atoms. The summed E-state index contributed by atoms with van der Waals surface area (Å²) in [6.45, 7) is 1.12. The van der Waals surface area contributed by atoms with Crippen molar-refractivity contribution in [2.75, 3.05) is 4.90 Å². The normalized spacial score (nSPS) is 19.3. The minimum Gasteiger partial charge on any atom is -0.333 e. The lowest BCUT2D eigenvalue weighted by Gasteiger charge is -2.37. The third kappa shape index (κ3) is 6.87. The van der Waals surface area contributed by atoms with E-state index in [1.165, 1.54) is 18.2 Å². The SMILES string of the molecule is O=C1NC(=O)/C(=C/c2ccnc(N(Cc3ccccc3)C3CCC(NCc4ccccc4-c4c(F)cccc4F)CC3)n2)S1. The Morgan fingerprint density at radius 2 is 1.64 bits per heavy atom. The van der Waals surface area contributed by atoms with Gasteiger partial charge in [-0.2, -0.15) is 0 Å². The van der Waals surface area contributed by atoms with Crippen LogP contribution in [0.1, 0.15) is 42.5 Å². The Kier molecular flexibility index (Phi) is 9.09. The van der Waals surface area contributed by atoms with Gasteiger partial charge in [0.15, 0.2) is 0 Å². The number of anilines is 1. The van der Waals surface area contributed by atoms with E-state index in [-0.39, 0.29) is 17.6 Å². The number of imide groups is 1. The predicted octanol–water partition coefficient (Wildman–Crippen LogP) is 6.85. The highest BCUT2D eigenvalue weighted by Crippen LogP contribution is 2.31. The molecule has 0 radical (unpaired) electrons. The van der Waals surface area contributed by atoms with Crippen LogP contribution < -0.4 is 15.5 Å². The van der Waals surface area contributed by atoms with E-state index in [1.807, 2.05) is 30.3 Å². The number of amides is 2. The van der Waals surface area contributed by atoms with Crippen LogP contribution in [0.25, 0.3) is 17.2 Å². The second-order valence-electron chi connectivity index (χ2n) is 10.9. The zero-order chi connectivity index (χ0) is 30.5. The van der Waals surface area contributed by atoms with Crippen LogP contribution in [0.3, 0.4) is 0 Å². The highest BCUT2D eigenvalue weighted by molar-refractivity contribution is 8.18. The summed E-state index contributed by atoms with van der Waals surface area (Å²) >= 11 is 0.861. The number of carbonyl (C=O) groups is 2. The fourth-order valence-electron chi connectivity index (χ4n) is 5.80. The van der Waals surface area contributed by atoms with Crippen LogP contribution in [0.4, 0.5) is 19.5 Å². The molecule has 7 nitrogen and oxygen atoms in total. The highest BCUT2D eigenvalue weighted by atomic mass is 32.2. The molecule has 2 aliphatic rings. The van der Waals surface area contributed by atoms with Crippen molar-refractivity contribution >= 4 is 34.9 Å². The summed E-state index contributed by atoms with van der Waals surface area (Å²) in [7, 11) is 0. The summed E-state index contributed by atoms with van der Waals surface area (Å²) < 4.78 is 29.1. The number of hydrogen-bond acceptors (Lipinski definition) is 7. The molecule has 2 amide bonds. The van der Waals surface area contributed by atoms with Crippen LogP contribution in [-0.4, -0.2) is 33.2 Å². The van der Waals surface area contributed by atoms with Crippen LogP contribution in [0.15, 0.2) is 90.0 Å². The molecule has 1 aromatic heterocycles. The maximum Gasteiger partial charge on any atom is 0.290 e. The van der Waals surface area contributed by atoms with E-state index in [0.717, 1.165) is 48.6 Å².